The lowest BCUT2D eigenvalue weighted by molar-refractivity contribution is 0.117. The summed E-state index contributed by atoms with van der Waals surface area (Å²) in [6.45, 7) is 0. The number of halogens is 2. The highest BCUT2D eigenvalue weighted by Gasteiger charge is 2.65. The lowest BCUT2D eigenvalue weighted by Gasteiger charge is -2.13. The second kappa shape index (κ2) is 3.82. The summed E-state index contributed by atoms with van der Waals surface area (Å²) in [4.78, 5) is 0. The van der Waals surface area contributed by atoms with Gasteiger partial charge in [-0.2, -0.15) is 0 Å². The van der Waals surface area contributed by atoms with Crippen LogP contribution in [-0.2, 0) is 5.60 Å². The molecule has 0 amide bonds. The summed E-state index contributed by atoms with van der Waals surface area (Å²) in [5.41, 5.74) is 0.512. The van der Waals surface area contributed by atoms with Crippen LogP contribution >= 0.6 is 31.9 Å². The van der Waals surface area contributed by atoms with E-state index in [9.17, 15) is 5.11 Å². The third-order valence-corrected chi connectivity index (χ3v) is 5.33. The van der Waals surface area contributed by atoms with Gasteiger partial charge in [-0.1, -0.05) is 44.7 Å². The normalized spacial score (nSPS) is 36.9. The predicted molar refractivity (Wildman–Crippen MR) is 71.2 cm³/mol. The molecular formula is C13H14Br2O. The van der Waals surface area contributed by atoms with E-state index in [1.54, 1.807) is 0 Å². The summed E-state index contributed by atoms with van der Waals surface area (Å²) < 4.78 is 2.08. The number of aliphatic hydroxyl groups is 1. The van der Waals surface area contributed by atoms with Crippen molar-refractivity contribution in [2.24, 2.45) is 11.8 Å². The molecular weight excluding hydrogens is 332 g/mol. The molecule has 0 radical (unpaired) electrons. The number of rotatable bonds is 1. The Balaban J connectivity index is 2.01. The third-order valence-electron chi connectivity index (χ3n) is 4.15. The Hall–Kier alpha value is 0.140. The van der Waals surface area contributed by atoms with Crippen LogP contribution in [0.4, 0.5) is 0 Å². The van der Waals surface area contributed by atoms with Crippen LogP contribution in [0.3, 0.4) is 0 Å². The van der Waals surface area contributed by atoms with Crippen LogP contribution in [0.15, 0.2) is 27.1 Å². The van der Waals surface area contributed by atoms with Crippen molar-refractivity contribution in [2.45, 2.75) is 31.3 Å². The summed E-state index contributed by atoms with van der Waals surface area (Å²) in [5, 5.41) is 10.8. The minimum Gasteiger partial charge on any atom is -0.385 e. The standard InChI is InChI=1S/C13H14Br2O/c14-8-5-6-12(15)11(7-8)13(16)9-3-1-2-4-10(9)13/h5-7,9-10,16H,1-4H2. The number of fused-ring (bicyclic) bond motifs is 1. The highest BCUT2D eigenvalue weighted by Crippen LogP contribution is 2.65. The maximum absolute atomic E-state index is 10.8. The number of hydrogen-bond donors (Lipinski definition) is 1. The van der Waals surface area contributed by atoms with Crippen LogP contribution < -0.4 is 0 Å². The lowest BCUT2D eigenvalue weighted by atomic mass is 10.0. The van der Waals surface area contributed by atoms with Gasteiger partial charge in [0.2, 0.25) is 0 Å². The summed E-state index contributed by atoms with van der Waals surface area (Å²) in [6.07, 6.45) is 4.91. The molecule has 16 heavy (non-hydrogen) atoms. The summed E-state index contributed by atoms with van der Waals surface area (Å²) in [6, 6.07) is 6.08. The average Bonchev–Trinajstić information content (AvgIpc) is 2.90. The van der Waals surface area contributed by atoms with Gasteiger partial charge in [0.05, 0.1) is 5.60 Å². The molecule has 0 saturated heterocycles. The van der Waals surface area contributed by atoms with Crippen molar-refractivity contribution >= 4 is 31.9 Å². The van der Waals surface area contributed by atoms with E-state index in [2.05, 4.69) is 37.9 Å². The fraction of sp³-hybridized carbons (Fsp3) is 0.538. The average molecular weight is 346 g/mol. The van der Waals surface area contributed by atoms with Gasteiger partial charge >= 0.3 is 0 Å². The van der Waals surface area contributed by atoms with Crippen molar-refractivity contribution in [3.05, 3.63) is 32.7 Å². The molecule has 1 N–H and O–H groups in total. The van der Waals surface area contributed by atoms with Crippen LogP contribution in [0, 0.1) is 11.8 Å². The quantitative estimate of drug-likeness (QED) is 0.807. The zero-order chi connectivity index (χ0) is 11.3. The number of hydrogen-bond acceptors (Lipinski definition) is 1. The molecule has 0 spiro atoms. The van der Waals surface area contributed by atoms with Gasteiger partial charge in [0.1, 0.15) is 0 Å². The van der Waals surface area contributed by atoms with Crippen molar-refractivity contribution in [3.63, 3.8) is 0 Å². The van der Waals surface area contributed by atoms with E-state index >= 15 is 0 Å². The van der Waals surface area contributed by atoms with E-state index in [4.69, 9.17) is 0 Å². The molecule has 2 unspecified atom stereocenters. The Bertz CT molecular complexity index is 418. The molecule has 2 saturated carbocycles. The number of benzene rings is 1. The molecule has 86 valence electrons. The molecule has 0 aromatic heterocycles. The second-order valence-electron chi connectivity index (χ2n) is 4.95. The maximum atomic E-state index is 10.8. The van der Waals surface area contributed by atoms with Gasteiger partial charge in [-0.3, -0.25) is 0 Å². The maximum Gasteiger partial charge on any atom is 0.0971 e. The van der Waals surface area contributed by atoms with Crippen LogP contribution in [0.1, 0.15) is 31.2 Å². The van der Waals surface area contributed by atoms with E-state index in [-0.39, 0.29) is 0 Å². The second-order valence-corrected chi connectivity index (χ2v) is 6.72. The largest absolute Gasteiger partial charge is 0.385 e. The molecule has 2 aliphatic carbocycles. The molecule has 1 aromatic carbocycles. The van der Waals surface area contributed by atoms with Gasteiger partial charge in [0.25, 0.3) is 0 Å². The Labute approximate surface area is 113 Å². The van der Waals surface area contributed by atoms with E-state index in [1.165, 1.54) is 25.7 Å². The highest BCUT2D eigenvalue weighted by molar-refractivity contribution is 9.11. The molecule has 0 heterocycles. The van der Waals surface area contributed by atoms with E-state index in [0.29, 0.717) is 11.8 Å². The minimum absolute atomic E-state index is 0.492. The molecule has 3 heteroatoms. The van der Waals surface area contributed by atoms with Crippen molar-refractivity contribution in [1.82, 2.24) is 0 Å². The SMILES string of the molecule is OC1(c2cc(Br)ccc2Br)C2CCCCC21. The zero-order valence-corrected chi connectivity index (χ0v) is 12.1. The molecule has 2 aliphatic rings. The van der Waals surface area contributed by atoms with Crippen LogP contribution in [0.25, 0.3) is 0 Å². The topological polar surface area (TPSA) is 20.2 Å². The van der Waals surface area contributed by atoms with E-state index in [1.807, 2.05) is 12.1 Å². The first-order valence-electron chi connectivity index (χ1n) is 5.82. The van der Waals surface area contributed by atoms with E-state index < -0.39 is 5.60 Å². The van der Waals surface area contributed by atoms with Gasteiger partial charge in [-0.15, -0.1) is 0 Å². The first kappa shape index (κ1) is 11.2. The Morgan fingerprint density at radius 2 is 1.75 bits per heavy atom. The Morgan fingerprint density at radius 1 is 1.12 bits per heavy atom. The smallest absolute Gasteiger partial charge is 0.0971 e. The highest BCUT2D eigenvalue weighted by atomic mass is 79.9. The molecule has 2 atom stereocenters. The first-order valence-corrected chi connectivity index (χ1v) is 7.40. The van der Waals surface area contributed by atoms with Crippen molar-refractivity contribution in [2.75, 3.05) is 0 Å². The summed E-state index contributed by atoms with van der Waals surface area (Å²) >= 11 is 7.04. The van der Waals surface area contributed by atoms with Gasteiger partial charge in [0, 0.05) is 8.95 Å². The van der Waals surface area contributed by atoms with Crippen molar-refractivity contribution in [3.8, 4) is 0 Å². The van der Waals surface area contributed by atoms with Gasteiger partial charge in [-0.05, 0) is 48.4 Å². The van der Waals surface area contributed by atoms with Crippen molar-refractivity contribution < 1.29 is 5.11 Å². The van der Waals surface area contributed by atoms with Gasteiger partial charge < -0.3 is 5.11 Å². The monoisotopic (exact) mass is 344 g/mol. The first-order chi connectivity index (χ1) is 7.64. The molecule has 0 bridgehead atoms. The molecule has 0 aliphatic heterocycles. The third kappa shape index (κ3) is 1.52. The fourth-order valence-electron chi connectivity index (χ4n) is 3.30. The zero-order valence-electron chi connectivity index (χ0n) is 8.92. The van der Waals surface area contributed by atoms with Crippen LogP contribution in [0.2, 0.25) is 0 Å². The fourth-order valence-corrected chi connectivity index (χ4v) is 4.22. The van der Waals surface area contributed by atoms with E-state index in [0.717, 1.165) is 14.5 Å². The van der Waals surface area contributed by atoms with Crippen molar-refractivity contribution in [1.29, 1.82) is 0 Å². The lowest BCUT2D eigenvalue weighted by Crippen LogP contribution is -2.11. The summed E-state index contributed by atoms with van der Waals surface area (Å²) in [5.74, 6) is 0.985. The molecule has 1 aromatic rings. The van der Waals surface area contributed by atoms with Gasteiger partial charge in [0.15, 0.2) is 0 Å². The predicted octanol–water partition coefficient (Wildman–Crippen LogP) is 4.22. The molecule has 1 nitrogen and oxygen atoms in total. The molecule has 3 rings (SSSR count). The van der Waals surface area contributed by atoms with Gasteiger partial charge in [-0.25, -0.2) is 0 Å². The molecule has 2 fully saturated rings. The Kier molecular flexibility index (Phi) is 2.69. The van der Waals surface area contributed by atoms with Crippen LogP contribution in [0.5, 0.6) is 0 Å². The Morgan fingerprint density at radius 3 is 2.38 bits per heavy atom. The van der Waals surface area contributed by atoms with Crippen LogP contribution in [-0.4, -0.2) is 5.11 Å². The summed E-state index contributed by atoms with van der Waals surface area (Å²) in [7, 11) is 0. The minimum atomic E-state index is -0.556.